The Labute approximate surface area is 142 Å². The van der Waals surface area contributed by atoms with E-state index >= 15 is 0 Å². The molecule has 1 heterocycles. The van der Waals surface area contributed by atoms with Crippen LogP contribution >= 0.6 is 12.4 Å². The molecule has 1 aliphatic carbocycles. The predicted molar refractivity (Wildman–Crippen MR) is 93.6 cm³/mol. The Morgan fingerprint density at radius 2 is 2.09 bits per heavy atom. The molecule has 6 heteroatoms. The van der Waals surface area contributed by atoms with Crippen LogP contribution in [0.25, 0.3) is 10.9 Å². The lowest BCUT2D eigenvalue weighted by Crippen LogP contribution is -2.51. The standard InChI is InChI=1S/C17H23N3O2.ClH/c18-13(17(22)20-15-7-3-4-8-16(15)21)9-11-10-19-14-6-2-1-5-12(11)14;/h1-2,5-6,10,13,15-16,19,21H,3-4,7-9,18H2,(H,20,22);1H/t13-,15-,16-;/m0./s1. The molecule has 1 saturated carbocycles. The SMILES string of the molecule is Cl.N[C@@H](Cc1c[nH]c2ccccc12)C(=O)N[C@H]1CCCC[C@@H]1O. The maximum absolute atomic E-state index is 12.3. The Bertz CT molecular complexity index is 658. The minimum Gasteiger partial charge on any atom is -0.391 e. The number of H-pyrrole nitrogens is 1. The number of benzene rings is 1. The van der Waals surface area contributed by atoms with Gasteiger partial charge in [0.15, 0.2) is 0 Å². The van der Waals surface area contributed by atoms with E-state index in [0.717, 1.165) is 42.1 Å². The van der Waals surface area contributed by atoms with Gasteiger partial charge in [-0.15, -0.1) is 12.4 Å². The van der Waals surface area contributed by atoms with Crippen molar-refractivity contribution in [1.82, 2.24) is 10.3 Å². The van der Waals surface area contributed by atoms with Crippen molar-refractivity contribution in [2.75, 3.05) is 0 Å². The van der Waals surface area contributed by atoms with Gasteiger partial charge < -0.3 is 21.1 Å². The summed E-state index contributed by atoms with van der Waals surface area (Å²) in [5.74, 6) is -0.184. The highest BCUT2D eigenvalue weighted by Gasteiger charge is 2.26. The molecule has 1 amide bonds. The van der Waals surface area contributed by atoms with E-state index in [4.69, 9.17) is 5.73 Å². The molecule has 1 fully saturated rings. The number of para-hydroxylation sites is 1. The number of halogens is 1. The van der Waals surface area contributed by atoms with Crippen LogP contribution in [0.2, 0.25) is 0 Å². The average Bonchev–Trinajstić information content (AvgIpc) is 2.93. The van der Waals surface area contributed by atoms with Crippen molar-refractivity contribution in [2.24, 2.45) is 5.73 Å². The normalized spacial score (nSPS) is 22.3. The highest BCUT2D eigenvalue weighted by atomic mass is 35.5. The van der Waals surface area contributed by atoms with Crippen molar-refractivity contribution in [2.45, 2.75) is 50.3 Å². The molecule has 3 rings (SSSR count). The molecule has 5 nitrogen and oxygen atoms in total. The van der Waals surface area contributed by atoms with E-state index in [0.29, 0.717) is 6.42 Å². The van der Waals surface area contributed by atoms with Gasteiger partial charge >= 0.3 is 0 Å². The zero-order valence-corrected chi connectivity index (χ0v) is 13.8. The van der Waals surface area contributed by atoms with Crippen molar-refractivity contribution in [1.29, 1.82) is 0 Å². The summed E-state index contributed by atoms with van der Waals surface area (Å²) in [5.41, 5.74) is 8.15. The van der Waals surface area contributed by atoms with Gasteiger partial charge in [0.1, 0.15) is 0 Å². The topological polar surface area (TPSA) is 91.1 Å². The molecular formula is C17H24ClN3O2. The van der Waals surface area contributed by atoms with E-state index in [1.54, 1.807) is 0 Å². The number of nitrogens with one attached hydrogen (secondary N) is 2. The second-order valence-corrected chi connectivity index (χ2v) is 6.14. The molecule has 1 aromatic heterocycles. The fourth-order valence-corrected chi connectivity index (χ4v) is 3.20. The first-order valence-corrected chi connectivity index (χ1v) is 7.94. The summed E-state index contributed by atoms with van der Waals surface area (Å²) < 4.78 is 0. The number of aliphatic hydroxyl groups excluding tert-OH is 1. The number of hydrogen-bond acceptors (Lipinski definition) is 3. The minimum absolute atomic E-state index is 0. The van der Waals surface area contributed by atoms with Gasteiger partial charge in [-0.1, -0.05) is 31.0 Å². The highest BCUT2D eigenvalue weighted by Crippen LogP contribution is 2.20. The molecule has 2 aromatic rings. The number of nitrogens with two attached hydrogens (primary N) is 1. The molecule has 126 valence electrons. The number of aromatic amines is 1. The molecule has 1 aromatic carbocycles. The first-order valence-electron chi connectivity index (χ1n) is 7.94. The molecule has 0 bridgehead atoms. The van der Waals surface area contributed by atoms with Crippen LogP contribution < -0.4 is 11.1 Å². The Kier molecular flexibility index (Phi) is 6.04. The van der Waals surface area contributed by atoms with Gasteiger partial charge in [0, 0.05) is 17.1 Å². The number of carbonyl (C=O) groups excluding carboxylic acids is 1. The molecule has 0 aliphatic heterocycles. The summed E-state index contributed by atoms with van der Waals surface area (Å²) in [6, 6.07) is 7.21. The summed E-state index contributed by atoms with van der Waals surface area (Å²) in [7, 11) is 0. The molecular weight excluding hydrogens is 314 g/mol. The van der Waals surface area contributed by atoms with E-state index in [9.17, 15) is 9.90 Å². The maximum Gasteiger partial charge on any atom is 0.237 e. The van der Waals surface area contributed by atoms with Gasteiger partial charge in [0.05, 0.1) is 18.2 Å². The molecule has 0 unspecified atom stereocenters. The lowest BCUT2D eigenvalue weighted by Gasteiger charge is -2.29. The fraction of sp³-hybridized carbons (Fsp3) is 0.471. The van der Waals surface area contributed by atoms with Gasteiger partial charge in [0.2, 0.25) is 5.91 Å². The average molecular weight is 338 g/mol. The fourth-order valence-electron chi connectivity index (χ4n) is 3.20. The quantitative estimate of drug-likeness (QED) is 0.686. The van der Waals surface area contributed by atoms with Crippen LogP contribution in [-0.4, -0.2) is 34.2 Å². The van der Waals surface area contributed by atoms with Gasteiger partial charge in [-0.3, -0.25) is 4.79 Å². The minimum atomic E-state index is -0.603. The van der Waals surface area contributed by atoms with Crippen LogP contribution in [0.15, 0.2) is 30.5 Å². The number of aromatic nitrogens is 1. The van der Waals surface area contributed by atoms with Crippen molar-refractivity contribution in [3.05, 3.63) is 36.0 Å². The highest BCUT2D eigenvalue weighted by molar-refractivity contribution is 5.86. The van der Waals surface area contributed by atoms with Gasteiger partial charge in [-0.05, 0) is 30.9 Å². The molecule has 1 aliphatic rings. The summed E-state index contributed by atoms with van der Waals surface area (Å²) in [4.78, 5) is 15.5. The summed E-state index contributed by atoms with van der Waals surface area (Å²) in [6.07, 6.45) is 5.59. The third kappa shape index (κ3) is 4.05. The first kappa shape index (κ1) is 17.8. The Morgan fingerprint density at radius 3 is 2.87 bits per heavy atom. The van der Waals surface area contributed by atoms with Crippen LogP contribution in [0.5, 0.6) is 0 Å². The van der Waals surface area contributed by atoms with Crippen LogP contribution in [0.4, 0.5) is 0 Å². The van der Waals surface area contributed by atoms with E-state index in [1.807, 2.05) is 30.5 Å². The third-order valence-corrected chi connectivity index (χ3v) is 4.51. The van der Waals surface area contributed by atoms with Crippen molar-refractivity contribution in [3.8, 4) is 0 Å². The molecule has 23 heavy (non-hydrogen) atoms. The van der Waals surface area contributed by atoms with Crippen LogP contribution in [0, 0.1) is 0 Å². The number of hydrogen-bond donors (Lipinski definition) is 4. The van der Waals surface area contributed by atoms with Crippen molar-refractivity contribution < 1.29 is 9.90 Å². The van der Waals surface area contributed by atoms with E-state index in [1.165, 1.54) is 0 Å². The van der Waals surface area contributed by atoms with Gasteiger partial charge in [0.25, 0.3) is 0 Å². The zero-order valence-electron chi connectivity index (χ0n) is 13.0. The number of amides is 1. The Hall–Kier alpha value is -1.56. The van der Waals surface area contributed by atoms with E-state index < -0.39 is 12.1 Å². The second kappa shape index (κ2) is 7.81. The molecule has 0 spiro atoms. The predicted octanol–water partition coefficient (Wildman–Crippen LogP) is 1.88. The maximum atomic E-state index is 12.3. The third-order valence-electron chi connectivity index (χ3n) is 4.51. The lowest BCUT2D eigenvalue weighted by atomic mass is 9.92. The van der Waals surface area contributed by atoms with Crippen LogP contribution in [0.3, 0.4) is 0 Å². The monoisotopic (exact) mass is 337 g/mol. The molecule has 0 radical (unpaired) electrons. The number of rotatable bonds is 4. The van der Waals surface area contributed by atoms with Crippen LogP contribution in [0.1, 0.15) is 31.2 Å². The molecule has 0 saturated heterocycles. The number of aliphatic hydroxyl groups is 1. The van der Waals surface area contributed by atoms with Crippen molar-refractivity contribution in [3.63, 3.8) is 0 Å². The summed E-state index contributed by atoms with van der Waals surface area (Å²) in [6.45, 7) is 0. The van der Waals surface area contributed by atoms with E-state index in [-0.39, 0.29) is 24.4 Å². The van der Waals surface area contributed by atoms with Gasteiger partial charge in [-0.25, -0.2) is 0 Å². The van der Waals surface area contributed by atoms with Crippen LogP contribution in [-0.2, 0) is 11.2 Å². The molecule has 3 atom stereocenters. The lowest BCUT2D eigenvalue weighted by molar-refractivity contribution is -0.124. The Balaban J connectivity index is 0.00000192. The smallest absolute Gasteiger partial charge is 0.237 e. The van der Waals surface area contributed by atoms with Gasteiger partial charge in [-0.2, -0.15) is 0 Å². The first-order chi connectivity index (χ1) is 10.6. The zero-order chi connectivity index (χ0) is 15.5. The molecule has 5 N–H and O–H groups in total. The number of carbonyl (C=O) groups is 1. The number of fused-ring (bicyclic) bond motifs is 1. The second-order valence-electron chi connectivity index (χ2n) is 6.14. The summed E-state index contributed by atoms with van der Waals surface area (Å²) in [5, 5.41) is 13.9. The summed E-state index contributed by atoms with van der Waals surface area (Å²) >= 11 is 0. The largest absolute Gasteiger partial charge is 0.391 e. The van der Waals surface area contributed by atoms with E-state index in [2.05, 4.69) is 10.3 Å². The van der Waals surface area contributed by atoms with Crippen molar-refractivity contribution >= 4 is 29.2 Å². The Morgan fingerprint density at radius 1 is 1.35 bits per heavy atom.